The highest BCUT2D eigenvalue weighted by molar-refractivity contribution is 5.80. The zero-order chi connectivity index (χ0) is 17.0. The first-order valence-electron chi connectivity index (χ1n) is 7.27. The molecule has 0 fully saturated rings. The van der Waals surface area contributed by atoms with Gasteiger partial charge in [0.15, 0.2) is 5.96 Å². The van der Waals surface area contributed by atoms with Crippen molar-refractivity contribution in [3.8, 4) is 5.75 Å². The molecule has 0 aromatic heterocycles. The Morgan fingerprint density at radius 2 is 2.09 bits per heavy atom. The van der Waals surface area contributed by atoms with Gasteiger partial charge in [-0.05, 0) is 37.0 Å². The Labute approximate surface area is 133 Å². The van der Waals surface area contributed by atoms with E-state index >= 15 is 0 Å². The molecule has 1 aliphatic heterocycles. The number of alkyl halides is 2. The summed E-state index contributed by atoms with van der Waals surface area (Å²) < 4.78 is 41.7. The summed E-state index contributed by atoms with van der Waals surface area (Å²) in [6.07, 6.45) is 1.40. The predicted molar refractivity (Wildman–Crippen MR) is 83.1 cm³/mol. The quantitative estimate of drug-likeness (QED) is 0.835. The summed E-state index contributed by atoms with van der Waals surface area (Å²) in [7, 11) is 1.82. The molecule has 126 valence electrons. The molecule has 0 radical (unpaired) electrons. The van der Waals surface area contributed by atoms with Gasteiger partial charge in [-0.15, -0.1) is 0 Å². The van der Waals surface area contributed by atoms with Crippen molar-refractivity contribution in [1.82, 2.24) is 4.90 Å². The summed E-state index contributed by atoms with van der Waals surface area (Å²) in [5.41, 5.74) is 6.10. The molecule has 0 spiro atoms. The lowest BCUT2D eigenvalue weighted by Crippen LogP contribution is -2.34. The zero-order valence-corrected chi connectivity index (χ0v) is 12.9. The molecule has 23 heavy (non-hydrogen) atoms. The van der Waals surface area contributed by atoms with E-state index in [4.69, 9.17) is 5.73 Å². The number of rotatable bonds is 7. The summed E-state index contributed by atoms with van der Waals surface area (Å²) in [5, 5.41) is 0. The molecule has 4 nitrogen and oxygen atoms in total. The highest BCUT2D eigenvalue weighted by Crippen LogP contribution is 2.37. The lowest BCUT2D eigenvalue weighted by molar-refractivity contribution is -0.0498. The molecule has 2 rings (SSSR count). The Morgan fingerprint density at radius 3 is 2.57 bits per heavy atom. The van der Waals surface area contributed by atoms with Gasteiger partial charge in [-0.25, -0.2) is 9.38 Å². The van der Waals surface area contributed by atoms with E-state index in [0.717, 1.165) is 5.56 Å². The minimum absolute atomic E-state index is 0.0827. The largest absolute Gasteiger partial charge is 0.435 e. The molecule has 1 unspecified atom stereocenters. The van der Waals surface area contributed by atoms with Gasteiger partial charge in [-0.2, -0.15) is 8.78 Å². The number of likely N-dealkylation sites (N-methyl/N-ethyl adjacent to an activating group) is 1. The minimum Gasteiger partial charge on any atom is -0.435 e. The lowest BCUT2D eigenvalue weighted by atomic mass is 9.85. The molecular formula is C16H20F3N3O. The third-order valence-electron chi connectivity index (χ3n) is 3.87. The van der Waals surface area contributed by atoms with E-state index in [2.05, 4.69) is 16.3 Å². The van der Waals surface area contributed by atoms with Crippen LogP contribution in [-0.2, 0) is 5.54 Å². The second-order valence-electron chi connectivity index (χ2n) is 5.63. The molecular weight excluding hydrogens is 307 g/mol. The molecule has 1 aliphatic rings. The standard InChI is InChI=1S/C16H20F3N3O/c1-11(17)4-3-9-16(10-22(2)15(20)21-16)12-5-7-13(8-6-12)23-14(18)19/h5-8,14H,1,3-4,9-10H2,2H3,(H2,20,21). The van der Waals surface area contributed by atoms with Crippen molar-refractivity contribution in [1.29, 1.82) is 0 Å². The van der Waals surface area contributed by atoms with Crippen LogP contribution < -0.4 is 10.5 Å². The summed E-state index contributed by atoms with van der Waals surface area (Å²) in [6, 6.07) is 6.33. The Bertz CT molecular complexity index is 589. The van der Waals surface area contributed by atoms with Crippen molar-refractivity contribution >= 4 is 5.96 Å². The van der Waals surface area contributed by atoms with Crippen LogP contribution in [0.25, 0.3) is 0 Å². The van der Waals surface area contributed by atoms with Crippen molar-refractivity contribution in [3.05, 3.63) is 42.2 Å². The van der Waals surface area contributed by atoms with Crippen LogP contribution in [0, 0.1) is 0 Å². The summed E-state index contributed by atoms with van der Waals surface area (Å²) in [5.74, 6) is 0.112. The van der Waals surface area contributed by atoms with Crippen molar-refractivity contribution in [2.75, 3.05) is 13.6 Å². The smallest absolute Gasteiger partial charge is 0.387 e. The fourth-order valence-corrected chi connectivity index (χ4v) is 2.77. The van der Waals surface area contributed by atoms with Crippen molar-refractivity contribution in [3.63, 3.8) is 0 Å². The second-order valence-corrected chi connectivity index (χ2v) is 5.63. The van der Waals surface area contributed by atoms with E-state index in [1.54, 1.807) is 12.1 Å². The molecule has 0 saturated heterocycles. The average Bonchev–Trinajstić information content (AvgIpc) is 2.74. The lowest BCUT2D eigenvalue weighted by Gasteiger charge is -2.27. The van der Waals surface area contributed by atoms with Gasteiger partial charge in [-0.3, -0.25) is 0 Å². The number of hydrogen-bond donors (Lipinski definition) is 1. The Kier molecular flexibility index (Phi) is 5.18. The first-order chi connectivity index (χ1) is 10.8. The molecule has 1 atom stereocenters. The Balaban J connectivity index is 2.22. The van der Waals surface area contributed by atoms with Crippen molar-refractivity contribution in [2.45, 2.75) is 31.4 Å². The third kappa shape index (κ3) is 4.18. The van der Waals surface area contributed by atoms with Gasteiger partial charge in [0.05, 0.1) is 5.83 Å². The average molecular weight is 327 g/mol. The molecule has 0 aliphatic carbocycles. The van der Waals surface area contributed by atoms with E-state index in [0.29, 0.717) is 25.3 Å². The van der Waals surface area contributed by atoms with Crippen LogP contribution in [0.5, 0.6) is 5.75 Å². The number of ether oxygens (including phenoxy) is 1. The highest BCUT2D eigenvalue weighted by atomic mass is 19.3. The Hall–Kier alpha value is -2.18. The van der Waals surface area contributed by atoms with Crippen LogP contribution in [0.1, 0.15) is 24.8 Å². The number of allylic oxidation sites excluding steroid dienone is 1. The number of nitrogens with two attached hydrogens (primary N) is 1. The maximum absolute atomic E-state index is 12.9. The molecule has 7 heteroatoms. The molecule has 0 amide bonds. The van der Waals surface area contributed by atoms with Gasteiger partial charge in [-0.1, -0.05) is 18.7 Å². The minimum atomic E-state index is -2.86. The first kappa shape index (κ1) is 17.2. The number of nitrogens with zero attached hydrogens (tertiary/aromatic N) is 2. The zero-order valence-electron chi connectivity index (χ0n) is 12.9. The van der Waals surface area contributed by atoms with Gasteiger partial charge in [0.2, 0.25) is 0 Å². The fraction of sp³-hybridized carbons (Fsp3) is 0.438. The number of hydrogen-bond acceptors (Lipinski definition) is 4. The topological polar surface area (TPSA) is 50.9 Å². The molecule has 0 bridgehead atoms. The first-order valence-corrected chi connectivity index (χ1v) is 7.27. The van der Waals surface area contributed by atoms with Crippen molar-refractivity contribution < 1.29 is 17.9 Å². The van der Waals surface area contributed by atoms with Crippen LogP contribution in [0.3, 0.4) is 0 Å². The van der Waals surface area contributed by atoms with E-state index in [-0.39, 0.29) is 18.0 Å². The summed E-state index contributed by atoms with van der Waals surface area (Å²) in [6.45, 7) is 0.943. The van der Waals surface area contributed by atoms with Crippen LogP contribution in [-0.4, -0.2) is 31.1 Å². The maximum atomic E-state index is 12.9. The van der Waals surface area contributed by atoms with Crippen LogP contribution in [0.4, 0.5) is 13.2 Å². The fourth-order valence-electron chi connectivity index (χ4n) is 2.77. The molecule has 0 saturated carbocycles. The van der Waals surface area contributed by atoms with Gasteiger partial charge in [0.1, 0.15) is 11.3 Å². The molecule has 2 N–H and O–H groups in total. The molecule has 1 heterocycles. The van der Waals surface area contributed by atoms with Crippen LogP contribution in [0.2, 0.25) is 0 Å². The third-order valence-corrected chi connectivity index (χ3v) is 3.87. The normalized spacial score (nSPS) is 20.7. The van der Waals surface area contributed by atoms with Crippen LogP contribution >= 0.6 is 0 Å². The van der Waals surface area contributed by atoms with Crippen molar-refractivity contribution in [2.24, 2.45) is 10.7 Å². The summed E-state index contributed by atoms with van der Waals surface area (Å²) in [4.78, 5) is 6.35. The predicted octanol–water partition coefficient (Wildman–Crippen LogP) is 3.40. The number of halogens is 3. The highest BCUT2D eigenvalue weighted by Gasteiger charge is 2.38. The van der Waals surface area contributed by atoms with Gasteiger partial charge >= 0.3 is 6.61 Å². The number of benzene rings is 1. The number of aliphatic imine (C=N–C) groups is 1. The van der Waals surface area contributed by atoms with Gasteiger partial charge in [0.25, 0.3) is 0 Å². The number of guanidine groups is 1. The monoisotopic (exact) mass is 327 g/mol. The van der Waals surface area contributed by atoms with E-state index in [9.17, 15) is 13.2 Å². The van der Waals surface area contributed by atoms with Gasteiger partial charge in [0, 0.05) is 13.6 Å². The van der Waals surface area contributed by atoms with Crippen LogP contribution in [0.15, 0.2) is 41.7 Å². The molecule has 1 aromatic carbocycles. The molecule has 1 aromatic rings. The Morgan fingerprint density at radius 1 is 1.43 bits per heavy atom. The maximum Gasteiger partial charge on any atom is 0.387 e. The second kappa shape index (κ2) is 6.93. The SMILES string of the molecule is C=C(F)CCCC1(c2ccc(OC(F)F)cc2)CN(C)C(N)=N1. The van der Waals surface area contributed by atoms with Gasteiger partial charge < -0.3 is 15.4 Å². The van der Waals surface area contributed by atoms with E-state index in [1.807, 2.05) is 11.9 Å². The summed E-state index contributed by atoms with van der Waals surface area (Å²) >= 11 is 0. The van der Waals surface area contributed by atoms with E-state index < -0.39 is 12.2 Å². The van der Waals surface area contributed by atoms with E-state index in [1.165, 1.54) is 12.1 Å².